The highest BCUT2D eigenvalue weighted by Gasteiger charge is 2.07. The van der Waals surface area contributed by atoms with E-state index < -0.39 is 0 Å². The zero-order valence-corrected chi connectivity index (χ0v) is 10.3. The van der Waals surface area contributed by atoms with Gasteiger partial charge in [0.05, 0.1) is 16.0 Å². The smallest absolute Gasteiger partial charge is 0.399 e. The van der Waals surface area contributed by atoms with Crippen LogP contribution in [-0.4, -0.2) is 4.98 Å². The number of hydrogen-bond donors (Lipinski definition) is 0. The molecular formula is C10H6BrClFNO2. The lowest BCUT2D eigenvalue weighted by Crippen LogP contribution is -1.86. The van der Waals surface area contributed by atoms with Crippen LogP contribution in [0.5, 0.6) is 11.8 Å². The maximum Gasteiger partial charge on any atom is 0.399 e. The van der Waals surface area contributed by atoms with Gasteiger partial charge in [-0.2, -0.15) is 4.98 Å². The number of ether oxygens (including phenoxy) is 1. The van der Waals surface area contributed by atoms with Gasteiger partial charge < -0.3 is 9.15 Å². The first-order valence-electron chi connectivity index (χ1n) is 4.32. The van der Waals surface area contributed by atoms with Crippen LogP contribution in [0.25, 0.3) is 0 Å². The molecule has 0 amide bonds. The Morgan fingerprint density at radius 3 is 2.94 bits per heavy atom. The Morgan fingerprint density at radius 1 is 1.50 bits per heavy atom. The molecule has 2 rings (SSSR count). The average Bonchev–Trinajstić information content (AvgIpc) is 2.71. The van der Waals surface area contributed by atoms with E-state index in [0.717, 1.165) is 0 Å². The van der Waals surface area contributed by atoms with Gasteiger partial charge in [0.2, 0.25) is 0 Å². The molecule has 0 N–H and O–H groups in total. The van der Waals surface area contributed by atoms with Gasteiger partial charge in [-0.25, -0.2) is 4.39 Å². The molecule has 0 fully saturated rings. The summed E-state index contributed by atoms with van der Waals surface area (Å²) in [5, 5.41) is 0. The van der Waals surface area contributed by atoms with Gasteiger partial charge in [-0.1, -0.05) is 0 Å². The van der Waals surface area contributed by atoms with Crippen LogP contribution in [0.2, 0.25) is 0 Å². The fourth-order valence-corrected chi connectivity index (χ4v) is 1.52. The second-order valence-electron chi connectivity index (χ2n) is 2.92. The van der Waals surface area contributed by atoms with Gasteiger partial charge in [-0.05, 0) is 34.1 Å². The zero-order valence-electron chi connectivity index (χ0n) is 7.91. The molecule has 0 aliphatic rings. The molecule has 1 aromatic carbocycles. The van der Waals surface area contributed by atoms with Gasteiger partial charge >= 0.3 is 6.08 Å². The molecule has 0 saturated heterocycles. The van der Waals surface area contributed by atoms with Crippen molar-refractivity contribution in [3.63, 3.8) is 0 Å². The summed E-state index contributed by atoms with van der Waals surface area (Å²) in [6.45, 7) is 0. The molecule has 16 heavy (non-hydrogen) atoms. The molecule has 0 spiro atoms. The summed E-state index contributed by atoms with van der Waals surface area (Å²) in [6, 6.07) is 4.25. The third-order valence-corrected chi connectivity index (χ3v) is 2.65. The van der Waals surface area contributed by atoms with Gasteiger partial charge in [0.25, 0.3) is 0 Å². The van der Waals surface area contributed by atoms with Crippen LogP contribution < -0.4 is 4.74 Å². The lowest BCUT2D eigenvalue weighted by atomic mass is 10.3. The highest BCUT2D eigenvalue weighted by Crippen LogP contribution is 2.26. The molecular weight excluding hydrogens is 300 g/mol. The summed E-state index contributed by atoms with van der Waals surface area (Å²) in [6.07, 6.45) is 1.48. The minimum Gasteiger partial charge on any atom is -0.417 e. The Labute approximate surface area is 104 Å². The van der Waals surface area contributed by atoms with E-state index >= 15 is 0 Å². The van der Waals surface area contributed by atoms with Crippen molar-refractivity contribution in [3.05, 3.63) is 40.4 Å². The largest absolute Gasteiger partial charge is 0.417 e. The van der Waals surface area contributed by atoms with Gasteiger partial charge in [0.1, 0.15) is 17.8 Å². The topological polar surface area (TPSA) is 35.3 Å². The second kappa shape index (κ2) is 4.84. The first-order chi connectivity index (χ1) is 7.69. The van der Waals surface area contributed by atoms with E-state index in [4.69, 9.17) is 20.8 Å². The van der Waals surface area contributed by atoms with Crippen LogP contribution in [-0.2, 0) is 5.88 Å². The number of alkyl halides is 1. The molecule has 0 radical (unpaired) electrons. The number of hydrogen-bond acceptors (Lipinski definition) is 3. The van der Waals surface area contributed by atoms with Crippen molar-refractivity contribution < 1.29 is 13.5 Å². The van der Waals surface area contributed by atoms with E-state index in [0.29, 0.717) is 15.9 Å². The minimum atomic E-state index is -0.360. The Morgan fingerprint density at radius 2 is 2.31 bits per heavy atom. The van der Waals surface area contributed by atoms with Crippen molar-refractivity contribution >= 4 is 27.5 Å². The number of nitrogens with zero attached hydrogens (tertiary/aromatic N) is 1. The maximum atomic E-state index is 12.9. The zero-order chi connectivity index (χ0) is 11.5. The van der Waals surface area contributed by atoms with Crippen molar-refractivity contribution in [2.24, 2.45) is 0 Å². The average molecular weight is 307 g/mol. The molecule has 84 valence electrons. The Kier molecular flexibility index (Phi) is 3.46. The van der Waals surface area contributed by atoms with Crippen molar-refractivity contribution in [2.45, 2.75) is 5.88 Å². The molecule has 0 aliphatic carbocycles. The Hall–Kier alpha value is -1.07. The summed E-state index contributed by atoms with van der Waals surface area (Å²) >= 11 is 8.61. The van der Waals surface area contributed by atoms with Gasteiger partial charge in [-0.15, -0.1) is 11.6 Å². The number of rotatable bonds is 3. The highest BCUT2D eigenvalue weighted by molar-refractivity contribution is 9.10. The van der Waals surface area contributed by atoms with Crippen molar-refractivity contribution in [1.29, 1.82) is 0 Å². The van der Waals surface area contributed by atoms with Crippen LogP contribution in [0.15, 0.2) is 33.4 Å². The normalized spacial score (nSPS) is 10.4. The quantitative estimate of drug-likeness (QED) is 0.801. The molecule has 1 aromatic heterocycles. The van der Waals surface area contributed by atoms with Crippen molar-refractivity contribution in [3.8, 4) is 11.8 Å². The van der Waals surface area contributed by atoms with E-state index in [9.17, 15) is 4.39 Å². The monoisotopic (exact) mass is 305 g/mol. The predicted octanol–water partition coefficient (Wildman–Crippen LogP) is 4.11. The molecule has 0 unspecified atom stereocenters. The lowest BCUT2D eigenvalue weighted by molar-refractivity contribution is 0.330. The summed E-state index contributed by atoms with van der Waals surface area (Å²) in [7, 11) is 0. The molecule has 2 aromatic rings. The van der Waals surface area contributed by atoms with E-state index in [1.54, 1.807) is 0 Å². The standard InChI is InChI=1S/C10H6BrClFNO2/c11-8-3-7(1-2-9(8)13)16-10-14-6(4-12)5-15-10/h1-3,5H,4H2. The van der Waals surface area contributed by atoms with Crippen molar-refractivity contribution in [2.75, 3.05) is 0 Å². The van der Waals surface area contributed by atoms with E-state index in [1.165, 1.54) is 24.5 Å². The lowest BCUT2D eigenvalue weighted by Gasteiger charge is -2.01. The first kappa shape index (κ1) is 11.4. The SMILES string of the molecule is Fc1ccc(Oc2nc(CCl)co2)cc1Br. The van der Waals surface area contributed by atoms with E-state index in [-0.39, 0.29) is 17.8 Å². The van der Waals surface area contributed by atoms with Crippen molar-refractivity contribution in [1.82, 2.24) is 4.98 Å². The second-order valence-corrected chi connectivity index (χ2v) is 4.04. The van der Waals surface area contributed by atoms with Crippen LogP contribution in [0.1, 0.15) is 5.69 Å². The molecule has 3 nitrogen and oxygen atoms in total. The minimum absolute atomic E-state index is 0.0779. The maximum absolute atomic E-state index is 12.9. The molecule has 1 heterocycles. The third kappa shape index (κ3) is 2.54. The fourth-order valence-electron chi connectivity index (χ4n) is 1.04. The summed E-state index contributed by atoms with van der Waals surface area (Å²) in [5.41, 5.74) is 0.581. The van der Waals surface area contributed by atoms with E-state index in [1.807, 2.05) is 0 Å². The summed E-state index contributed by atoms with van der Waals surface area (Å²) in [5.74, 6) is 0.317. The number of oxazole rings is 1. The van der Waals surface area contributed by atoms with Crippen LogP contribution >= 0.6 is 27.5 Å². The predicted molar refractivity (Wildman–Crippen MR) is 60.2 cm³/mol. The van der Waals surface area contributed by atoms with Crippen LogP contribution in [0.3, 0.4) is 0 Å². The molecule has 0 atom stereocenters. The van der Waals surface area contributed by atoms with Gasteiger partial charge in [0, 0.05) is 0 Å². The third-order valence-electron chi connectivity index (χ3n) is 1.76. The summed E-state index contributed by atoms with van der Waals surface area (Å²) in [4.78, 5) is 3.95. The van der Waals surface area contributed by atoms with E-state index in [2.05, 4.69) is 20.9 Å². The number of benzene rings is 1. The summed E-state index contributed by atoms with van der Waals surface area (Å²) < 4.78 is 23.5. The molecule has 6 heteroatoms. The molecule has 0 aliphatic heterocycles. The van der Waals surface area contributed by atoms with Crippen LogP contribution in [0.4, 0.5) is 4.39 Å². The Balaban J connectivity index is 2.17. The molecule has 0 bridgehead atoms. The van der Waals surface area contributed by atoms with Crippen LogP contribution in [0, 0.1) is 5.82 Å². The number of aromatic nitrogens is 1. The first-order valence-corrected chi connectivity index (χ1v) is 5.65. The molecule has 0 saturated carbocycles. The van der Waals surface area contributed by atoms with Gasteiger partial charge in [0.15, 0.2) is 0 Å². The fraction of sp³-hybridized carbons (Fsp3) is 0.100. The van der Waals surface area contributed by atoms with Gasteiger partial charge in [-0.3, -0.25) is 0 Å². The highest BCUT2D eigenvalue weighted by atomic mass is 79.9. The number of halogens is 3. The Bertz CT molecular complexity index is 503.